The summed E-state index contributed by atoms with van der Waals surface area (Å²) in [5.41, 5.74) is 1.59. The fraction of sp³-hybridized carbons (Fsp3) is 0.143. The smallest absolute Gasteiger partial charge is 0.413 e. The van der Waals surface area contributed by atoms with Gasteiger partial charge >= 0.3 is 6.09 Å². The van der Waals surface area contributed by atoms with Gasteiger partial charge in [0.25, 0.3) is 0 Å². The number of pyridine rings is 1. The van der Waals surface area contributed by atoms with Gasteiger partial charge in [-0.1, -0.05) is 30.3 Å². The molecule has 2 aromatic rings. The number of aromatic nitrogens is 1. The van der Waals surface area contributed by atoms with Crippen molar-refractivity contribution >= 4 is 11.9 Å². The number of carbonyl (C=O) groups is 1. The summed E-state index contributed by atoms with van der Waals surface area (Å²) >= 11 is 0. The minimum absolute atomic E-state index is 0.101. The highest BCUT2D eigenvalue weighted by Gasteiger charge is 2.05. The lowest BCUT2D eigenvalue weighted by Crippen LogP contribution is -2.14. The van der Waals surface area contributed by atoms with Gasteiger partial charge in [0.1, 0.15) is 12.4 Å². The van der Waals surface area contributed by atoms with Crippen molar-refractivity contribution in [3.05, 3.63) is 59.8 Å². The van der Waals surface area contributed by atoms with E-state index in [0.717, 1.165) is 5.56 Å². The normalized spacial score (nSPS) is 9.95. The first-order chi connectivity index (χ1) is 9.28. The zero-order valence-corrected chi connectivity index (χ0v) is 10.2. The first kappa shape index (κ1) is 13.0. The van der Waals surface area contributed by atoms with Gasteiger partial charge in [0.2, 0.25) is 0 Å². The third-order valence-corrected chi connectivity index (χ3v) is 2.45. The van der Waals surface area contributed by atoms with Crippen molar-refractivity contribution in [2.24, 2.45) is 0 Å². The molecule has 1 aromatic heterocycles. The molecule has 0 aliphatic carbocycles. The van der Waals surface area contributed by atoms with E-state index < -0.39 is 6.09 Å². The number of rotatable bonds is 4. The minimum Gasteiger partial charge on any atom is -0.444 e. The molecular weight excluding hydrogens is 244 g/mol. The van der Waals surface area contributed by atoms with Crippen LogP contribution in [-0.2, 0) is 18.0 Å². The molecule has 0 bridgehead atoms. The van der Waals surface area contributed by atoms with Crippen LogP contribution in [0.3, 0.4) is 0 Å². The summed E-state index contributed by atoms with van der Waals surface area (Å²) in [6, 6.07) is 12.7. The van der Waals surface area contributed by atoms with Crippen LogP contribution in [0.15, 0.2) is 48.7 Å². The zero-order valence-electron chi connectivity index (χ0n) is 10.2. The van der Waals surface area contributed by atoms with Crippen molar-refractivity contribution < 1.29 is 14.6 Å². The molecule has 0 saturated carbocycles. The standard InChI is InChI=1S/C14H14N2O3/c17-9-12-6-7-15-13(8-12)16-14(18)19-10-11-4-2-1-3-5-11/h1-8,17H,9-10H2,(H,15,16,18). The van der Waals surface area contributed by atoms with Crippen molar-refractivity contribution in [1.82, 2.24) is 4.98 Å². The molecular formula is C14H14N2O3. The lowest BCUT2D eigenvalue weighted by Gasteiger charge is -2.07. The molecule has 5 nitrogen and oxygen atoms in total. The minimum atomic E-state index is -0.577. The van der Waals surface area contributed by atoms with Crippen molar-refractivity contribution in [2.75, 3.05) is 5.32 Å². The maximum Gasteiger partial charge on any atom is 0.413 e. The van der Waals surface area contributed by atoms with E-state index in [-0.39, 0.29) is 13.2 Å². The van der Waals surface area contributed by atoms with Crippen molar-refractivity contribution in [3.8, 4) is 0 Å². The predicted molar refractivity (Wildman–Crippen MR) is 70.4 cm³/mol. The van der Waals surface area contributed by atoms with Gasteiger partial charge < -0.3 is 9.84 Å². The number of amides is 1. The van der Waals surface area contributed by atoms with Crippen LogP contribution < -0.4 is 5.32 Å². The van der Waals surface area contributed by atoms with E-state index >= 15 is 0 Å². The number of aliphatic hydroxyl groups excluding tert-OH is 1. The Balaban J connectivity index is 1.87. The number of anilines is 1. The van der Waals surface area contributed by atoms with Gasteiger partial charge in [-0.2, -0.15) is 0 Å². The summed E-state index contributed by atoms with van der Waals surface area (Å²) in [5, 5.41) is 11.5. The van der Waals surface area contributed by atoms with E-state index in [1.54, 1.807) is 12.1 Å². The van der Waals surface area contributed by atoms with E-state index in [0.29, 0.717) is 11.4 Å². The summed E-state index contributed by atoms with van der Waals surface area (Å²) in [6.07, 6.45) is 0.935. The average Bonchev–Trinajstić information content (AvgIpc) is 2.46. The monoisotopic (exact) mass is 258 g/mol. The maximum atomic E-state index is 11.5. The Bertz CT molecular complexity index is 543. The lowest BCUT2D eigenvalue weighted by molar-refractivity contribution is 0.155. The Morgan fingerprint density at radius 3 is 2.74 bits per heavy atom. The summed E-state index contributed by atoms with van der Waals surface area (Å²) in [4.78, 5) is 15.5. The third kappa shape index (κ3) is 4.08. The Morgan fingerprint density at radius 1 is 1.21 bits per heavy atom. The number of aliphatic hydroxyl groups is 1. The number of ether oxygens (including phenoxy) is 1. The summed E-state index contributed by atoms with van der Waals surface area (Å²) < 4.78 is 5.05. The molecule has 0 unspecified atom stereocenters. The van der Waals surface area contributed by atoms with Crippen LogP contribution in [0.4, 0.5) is 10.6 Å². The molecule has 0 spiro atoms. The quantitative estimate of drug-likeness (QED) is 0.882. The summed E-state index contributed by atoms with van der Waals surface area (Å²) in [5.74, 6) is 0.351. The Kier molecular flexibility index (Phi) is 4.47. The van der Waals surface area contributed by atoms with Gasteiger partial charge in [0.15, 0.2) is 0 Å². The molecule has 5 heteroatoms. The number of nitrogens with one attached hydrogen (secondary N) is 1. The van der Waals surface area contributed by atoms with Gasteiger partial charge in [0, 0.05) is 6.20 Å². The summed E-state index contributed by atoms with van der Waals surface area (Å²) in [7, 11) is 0. The van der Waals surface area contributed by atoms with Crippen molar-refractivity contribution in [3.63, 3.8) is 0 Å². The van der Waals surface area contributed by atoms with Crippen LogP contribution in [0.25, 0.3) is 0 Å². The topological polar surface area (TPSA) is 71.5 Å². The zero-order chi connectivity index (χ0) is 13.5. The van der Waals surface area contributed by atoms with Gasteiger partial charge in [-0.3, -0.25) is 5.32 Å². The lowest BCUT2D eigenvalue weighted by atomic mass is 10.2. The highest BCUT2D eigenvalue weighted by molar-refractivity contribution is 5.83. The second kappa shape index (κ2) is 6.51. The summed E-state index contributed by atoms with van der Waals surface area (Å²) in [6.45, 7) is 0.0998. The van der Waals surface area contributed by atoms with Crippen LogP contribution in [0, 0.1) is 0 Å². The molecule has 0 aliphatic heterocycles. The van der Waals surface area contributed by atoms with Crippen LogP contribution in [0.5, 0.6) is 0 Å². The highest BCUT2D eigenvalue weighted by atomic mass is 16.5. The molecule has 2 N–H and O–H groups in total. The second-order valence-corrected chi connectivity index (χ2v) is 3.89. The number of benzene rings is 1. The van der Waals surface area contributed by atoms with Crippen LogP contribution in [0.1, 0.15) is 11.1 Å². The third-order valence-electron chi connectivity index (χ3n) is 2.45. The largest absolute Gasteiger partial charge is 0.444 e. The molecule has 19 heavy (non-hydrogen) atoms. The molecule has 1 amide bonds. The van der Waals surface area contributed by atoms with E-state index in [1.165, 1.54) is 6.20 Å². The SMILES string of the molecule is O=C(Nc1cc(CO)ccn1)OCc1ccccc1. The fourth-order valence-corrected chi connectivity index (χ4v) is 1.50. The molecule has 98 valence electrons. The average molecular weight is 258 g/mol. The number of carbonyl (C=O) groups excluding carboxylic acids is 1. The van der Waals surface area contributed by atoms with E-state index in [2.05, 4.69) is 10.3 Å². The van der Waals surface area contributed by atoms with Crippen LogP contribution in [-0.4, -0.2) is 16.2 Å². The van der Waals surface area contributed by atoms with E-state index in [4.69, 9.17) is 9.84 Å². The molecule has 0 fully saturated rings. The number of hydrogen-bond acceptors (Lipinski definition) is 4. The Hall–Kier alpha value is -2.40. The molecule has 2 rings (SSSR count). The maximum absolute atomic E-state index is 11.5. The van der Waals surface area contributed by atoms with Crippen LogP contribution in [0.2, 0.25) is 0 Å². The molecule has 1 heterocycles. The first-order valence-electron chi connectivity index (χ1n) is 5.81. The highest BCUT2D eigenvalue weighted by Crippen LogP contribution is 2.08. The van der Waals surface area contributed by atoms with Crippen LogP contribution >= 0.6 is 0 Å². The first-order valence-corrected chi connectivity index (χ1v) is 5.81. The Morgan fingerprint density at radius 2 is 2.00 bits per heavy atom. The van der Waals surface area contributed by atoms with Gasteiger partial charge in [-0.15, -0.1) is 0 Å². The van der Waals surface area contributed by atoms with Crippen molar-refractivity contribution in [2.45, 2.75) is 13.2 Å². The second-order valence-electron chi connectivity index (χ2n) is 3.89. The molecule has 0 saturated heterocycles. The molecule has 0 radical (unpaired) electrons. The van der Waals surface area contributed by atoms with Gasteiger partial charge in [-0.05, 0) is 23.3 Å². The van der Waals surface area contributed by atoms with E-state index in [9.17, 15) is 4.79 Å². The Labute approximate surface area is 110 Å². The predicted octanol–water partition coefficient (Wildman–Crippen LogP) is 2.32. The van der Waals surface area contributed by atoms with E-state index in [1.807, 2.05) is 30.3 Å². The molecule has 1 aromatic carbocycles. The number of hydrogen-bond donors (Lipinski definition) is 2. The molecule has 0 aliphatic rings. The van der Waals surface area contributed by atoms with Gasteiger partial charge in [0.05, 0.1) is 6.61 Å². The number of nitrogens with zero attached hydrogens (tertiary/aromatic N) is 1. The van der Waals surface area contributed by atoms with Crippen molar-refractivity contribution in [1.29, 1.82) is 0 Å². The molecule has 0 atom stereocenters. The van der Waals surface area contributed by atoms with Gasteiger partial charge in [-0.25, -0.2) is 9.78 Å². The fourth-order valence-electron chi connectivity index (χ4n) is 1.50.